The van der Waals surface area contributed by atoms with Gasteiger partial charge in [-0.3, -0.25) is 0 Å². The summed E-state index contributed by atoms with van der Waals surface area (Å²) in [4.78, 5) is 22.6. The lowest BCUT2D eigenvalue weighted by molar-refractivity contribution is 0.0279. The number of hydrogen-bond acceptors (Lipinski definition) is 4. The summed E-state index contributed by atoms with van der Waals surface area (Å²) in [6.45, 7) is 3.79. The van der Waals surface area contributed by atoms with Gasteiger partial charge in [0.1, 0.15) is 12.2 Å². The van der Waals surface area contributed by atoms with Crippen LogP contribution in [0, 0.1) is 0 Å². The van der Waals surface area contributed by atoms with Gasteiger partial charge in [-0.15, -0.1) is 0 Å². The third-order valence-corrected chi connectivity index (χ3v) is 2.96. The summed E-state index contributed by atoms with van der Waals surface area (Å²) < 4.78 is 10.2. The number of carbonyl (C=O) groups excluding carboxylic acids is 2. The highest BCUT2D eigenvalue weighted by molar-refractivity contribution is 5.89. The number of hydrogen-bond donors (Lipinski definition) is 1. The molecule has 5 nitrogen and oxygen atoms in total. The van der Waals surface area contributed by atoms with Crippen LogP contribution >= 0.6 is 0 Å². The summed E-state index contributed by atoms with van der Waals surface area (Å²) in [6, 6.07) is 8.73. The van der Waals surface area contributed by atoms with E-state index in [1.54, 1.807) is 24.3 Å². The van der Waals surface area contributed by atoms with Crippen LogP contribution in [0.5, 0.6) is 0 Å². The number of nitrogens with two attached hydrogens (primary N) is 1. The van der Waals surface area contributed by atoms with E-state index in [0.29, 0.717) is 24.0 Å². The van der Waals surface area contributed by atoms with E-state index in [0.717, 1.165) is 0 Å². The van der Waals surface area contributed by atoms with Crippen LogP contribution in [0.3, 0.4) is 0 Å². The molecule has 1 aromatic carbocycles. The van der Waals surface area contributed by atoms with Crippen LogP contribution in [0.1, 0.15) is 23.2 Å². The van der Waals surface area contributed by atoms with E-state index in [4.69, 9.17) is 15.2 Å². The lowest BCUT2D eigenvalue weighted by Crippen LogP contribution is -2.23. The van der Waals surface area contributed by atoms with Crippen molar-refractivity contribution >= 4 is 12.1 Å². The van der Waals surface area contributed by atoms with Gasteiger partial charge in [-0.1, -0.05) is 24.8 Å². The standard InChI is InChI=1S/C14H15NO4/c1-9-7-11(8-12(9)19-14(15)17)18-13(16)10-5-3-2-4-6-10/h2-6,11-12H,1,7-8H2,(H2,15,17)/t11-,12-/m1/s1. The summed E-state index contributed by atoms with van der Waals surface area (Å²) in [5.41, 5.74) is 6.17. The zero-order valence-corrected chi connectivity index (χ0v) is 10.4. The maximum Gasteiger partial charge on any atom is 0.405 e. The monoisotopic (exact) mass is 261 g/mol. The van der Waals surface area contributed by atoms with Gasteiger partial charge in [0, 0.05) is 12.8 Å². The lowest BCUT2D eigenvalue weighted by Gasteiger charge is -2.12. The maximum atomic E-state index is 11.9. The fraction of sp³-hybridized carbons (Fsp3) is 0.286. The molecule has 1 saturated carbocycles. The number of primary amides is 1. The van der Waals surface area contributed by atoms with Gasteiger partial charge in [0.2, 0.25) is 0 Å². The first kappa shape index (κ1) is 13.1. The predicted octanol–water partition coefficient (Wildman–Crippen LogP) is 2.03. The number of carbonyl (C=O) groups is 2. The van der Waals surface area contributed by atoms with E-state index in [-0.39, 0.29) is 6.10 Å². The molecule has 1 aliphatic carbocycles. The van der Waals surface area contributed by atoms with Crippen LogP contribution in [-0.4, -0.2) is 24.3 Å². The van der Waals surface area contributed by atoms with Crippen LogP contribution < -0.4 is 5.73 Å². The van der Waals surface area contributed by atoms with Crippen molar-refractivity contribution in [2.75, 3.05) is 0 Å². The molecule has 0 aliphatic heterocycles. The van der Waals surface area contributed by atoms with E-state index in [1.165, 1.54) is 0 Å². The van der Waals surface area contributed by atoms with Crippen molar-refractivity contribution in [1.82, 2.24) is 0 Å². The SMILES string of the molecule is C=C1C[C@@H](OC(=O)c2ccccc2)C[C@H]1OC(N)=O. The van der Waals surface area contributed by atoms with Gasteiger partial charge < -0.3 is 15.2 Å². The van der Waals surface area contributed by atoms with Crippen LogP contribution in [0.2, 0.25) is 0 Å². The van der Waals surface area contributed by atoms with Crippen molar-refractivity contribution in [2.24, 2.45) is 5.73 Å². The molecular weight excluding hydrogens is 246 g/mol. The molecule has 0 unspecified atom stereocenters. The molecule has 0 aromatic heterocycles. The molecule has 0 saturated heterocycles. The molecule has 0 radical (unpaired) electrons. The largest absolute Gasteiger partial charge is 0.458 e. The molecule has 2 atom stereocenters. The fourth-order valence-electron chi connectivity index (χ4n) is 2.07. The number of esters is 1. The highest BCUT2D eigenvalue weighted by atomic mass is 16.6. The lowest BCUT2D eigenvalue weighted by atomic mass is 10.2. The summed E-state index contributed by atoms with van der Waals surface area (Å²) >= 11 is 0. The number of ether oxygens (including phenoxy) is 2. The molecule has 1 fully saturated rings. The highest BCUT2D eigenvalue weighted by Gasteiger charge is 2.33. The third-order valence-electron chi connectivity index (χ3n) is 2.96. The zero-order chi connectivity index (χ0) is 13.8. The maximum absolute atomic E-state index is 11.9. The Morgan fingerprint density at radius 3 is 2.53 bits per heavy atom. The number of benzene rings is 1. The molecule has 1 amide bonds. The molecule has 0 heterocycles. The Kier molecular flexibility index (Phi) is 3.85. The Labute approximate surface area is 111 Å². The molecular formula is C14H15NO4. The first-order valence-corrected chi connectivity index (χ1v) is 5.96. The Morgan fingerprint density at radius 1 is 1.21 bits per heavy atom. The van der Waals surface area contributed by atoms with Crippen molar-refractivity contribution in [3.8, 4) is 0 Å². The second kappa shape index (κ2) is 5.56. The van der Waals surface area contributed by atoms with Gasteiger partial charge in [0.15, 0.2) is 0 Å². The Bertz CT molecular complexity index is 497. The van der Waals surface area contributed by atoms with Gasteiger partial charge in [0.05, 0.1) is 5.56 Å². The topological polar surface area (TPSA) is 78.6 Å². The highest BCUT2D eigenvalue weighted by Crippen LogP contribution is 2.29. The van der Waals surface area contributed by atoms with Crippen molar-refractivity contribution in [2.45, 2.75) is 25.0 Å². The Morgan fingerprint density at radius 2 is 1.89 bits per heavy atom. The van der Waals surface area contributed by atoms with E-state index in [9.17, 15) is 9.59 Å². The molecule has 100 valence electrons. The summed E-state index contributed by atoms with van der Waals surface area (Å²) in [5, 5.41) is 0. The van der Waals surface area contributed by atoms with Crippen molar-refractivity contribution in [1.29, 1.82) is 0 Å². The van der Waals surface area contributed by atoms with E-state index in [1.807, 2.05) is 6.07 Å². The minimum absolute atomic E-state index is 0.329. The molecule has 5 heteroatoms. The number of rotatable bonds is 3. The molecule has 0 spiro atoms. The third kappa shape index (κ3) is 3.34. The molecule has 1 aromatic rings. The van der Waals surface area contributed by atoms with E-state index in [2.05, 4.69) is 6.58 Å². The summed E-state index contributed by atoms with van der Waals surface area (Å²) in [5.74, 6) is -0.391. The van der Waals surface area contributed by atoms with Crippen LogP contribution in [0.15, 0.2) is 42.5 Å². The first-order valence-electron chi connectivity index (χ1n) is 5.96. The molecule has 1 aliphatic rings. The van der Waals surface area contributed by atoms with Crippen LogP contribution in [0.4, 0.5) is 4.79 Å². The van der Waals surface area contributed by atoms with Crippen molar-refractivity contribution in [3.63, 3.8) is 0 Å². The number of amides is 1. The van der Waals surface area contributed by atoms with Gasteiger partial charge in [-0.05, 0) is 17.7 Å². The first-order chi connectivity index (χ1) is 9.06. The van der Waals surface area contributed by atoms with E-state index < -0.39 is 18.2 Å². The van der Waals surface area contributed by atoms with Gasteiger partial charge in [-0.2, -0.15) is 0 Å². The quantitative estimate of drug-likeness (QED) is 0.667. The van der Waals surface area contributed by atoms with Crippen molar-refractivity contribution in [3.05, 3.63) is 48.0 Å². The van der Waals surface area contributed by atoms with Gasteiger partial charge >= 0.3 is 12.1 Å². The van der Waals surface area contributed by atoms with Crippen molar-refractivity contribution < 1.29 is 19.1 Å². The average molecular weight is 261 g/mol. The van der Waals surface area contributed by atoms with Crippen LogP contribution in [0.25, 0.3) is 0 Å². The molecule has 2 rings (SSSR count). The molecule has 0 bridgehead atoms. The predicted molar refractivity (Wildman–Crippen MR) is 68.5 cm³/mol. The van der Waals surface area contributed by atoms with Crippen LogP contribution in [-0.2, 0) is 9.47 Å². The average Bonchev–Trinajstić information content (AvgIpc) is 2.70. The minimum atomic E-state index is -0.846. The van der Waals surface area contributed by atoms with Gasteiger partial charge in [-0.25, -0.2) is 9.59 Å². The van der Waals surface area contributed by atoms with E-state index >= 15 is 0 Å². The molecule has 19 heavy (non-hydrogen) atoms. The minimum Gasteiger partial charge on any atom is -0.458 e. The summed E-state index contributed by atoms with van der Waals surface area (Å²) in [7, 11) is 0. The smallest absolute Gasteiger partial charge is 0.405 e. The Balaban J connectivity index is 1.93. The second-order valence-corrected chi connectivity index (χ2v) is 4.42. The fourth-order valence-corrected chi connectivity index (χ4v) is 2.07. The Hall–Kier alpha value is -2.30. The van der Waals surface area contributed by atoms with Gasteiger partial charge in [0.25, 0.3) is 0 Å². The zero-order valence-electron chi connectivity index (χ0n) is 10.4. The molecule has 2 N–H and O–H groups in total. The summed E-state index contributed by atoms with van der Waals surface area (Å²) in [6.07, 6.45) is -0.756. The normalized spacial score (nSPS) is 22.0. The second-order valence-electron chi connectivity index (χ2n) is 4.42.